The van der Waals surface area contributed by atoms with E-state index in [1.807, 2.05) is 25.3 Å². The van der Waals surface area contributed by atoms with Crippen molar-refractivity contribution in [2.45, 2.75) is 12.4 Å². The topological polar surface area (TPSA) is 29.5 Å². The Balaban J connectivity index is 3.59. The fourth-order valence-corrected chi connectivity index (χ4v) is 1.26. The Morgan fingerprint density at radius 1 is 1.73 bits per heavy atom. The summed E-state index contributed by atoms with van der Waals surface area (Å²) >= 11 is 1.44. The van der Waals surface area contributed by atoms with Crippen LogP contribution in [0.25, 0.3) is 0 Å². The minimum atomic E-state index is -0.383. The molecule has 64 valence electrons. The van der Waals surface area contributed by atoms with E-state index in [0.29, 0.717) is 0 Å². The van der Waals surface area contributed by atoms with Crippen LogP contribution in [0.3, 0.4) is 0 Å². The molecule has 0 N–H and O–H groups in total. The second kappa shape index (κ2) is 5.21. The van der Waals surface area contributed by atoms with Crippen LogP contribution in [0.2, 0.25) is 0 Å². The van der Waals surface area contributed by atoms with Crippen LogP contribution in [0.15, 0.2) is 12.7 Å². The van der Waals surface area contributed by atoms with Crippen molar-refractivity contribution in [1.29, 1.82) is 0 Å². The highest BCUT2D eigenvalue weighted by molar-refractivity contribution is 7.97. The smallest absolute Gasteiger partial charge is 0.331 e. The SMILES string of the molecule is C=CC(=O)OC(C)SN(C)C. The van der Waals surface area contributed by atoms with Crippen LogP contribution in [0.1, 0.15) is 6.92 Å². The summed E-state index contributed by atoms with van der Waals surface area (Å²) in [6.45, 7) is 5.11. The van der Waals surface area contributed by atoms with E-state index in [-0.39, 0.29) is 11.4 Å². The van der Waals surface area contributed by atoms with E-state index in [1.165, 1.54) is 11.9 Å². The first-order chi connectivity index (χ1) is 5.06. The highest BCUT2D eigenvalue weighted by atomic mass is 32.2. The van der Waals surface area contributed by atoms with Crippen LogP contribution in [0.5, 0.6) is 0 Å². The van der Waals surface area contributed by atoms with E-state index >= 15 is 0 Å². The molecular weight excluding hydrogens is 162 g/mol. The van der Waals surface area contributed by atoms with Gasteiger partial charge in [-0.05, 0) is 33.0 Å². The van der Waals surface area contributed by atoms with Gasteiger partial charge in [-0.15, -0.1) is 0 Å². The van der Waals surface area contributed by atoms with Crippen molar-refractivity contribution in [1.82, 2.24) is 4.31 Å². The first-order valence-electron chi connectivity index (χ1n) is 3.23. The van der Waals surface area contributed by atoms with Gasteiger partial charge in [-0.3, -0.25) is 4.31 Å². The van der Waals surface area contributed by atoms with Crippen LogP contribution in [0, 0.1) is 0 Å². The van der Waals surface area contributed by atoms with Crippen molar-refractivity contribution in [3.63, 3.8) is 0 Å². The molecule has 11 heavy (non-hydrogen) atoms. The van der Waals surface area contributed by atoms with Gasteiger partial charge >= 0.3 is 5.97 Å². The molecule has 0 fully saturated rings. The third-order valence-electron chi connectivity index (χ3n) is 0.808. The molecule has 0 heterocycles. The van der Waals surface area contributed by atoms with Crippen molar-refractivity contribution in [3.05, 3.63) is 12.7 Å². The minimum Gasteiger partial charge on any atom is -0.447 e. The normalized spacial score (nSPS) is 12.7. The number of esters is 1. The van der Waals surface area contributed by atoms with Gasteiger partial charge in [0.2, 0.25) is 0 Å². The number of hydrogen-bond acceptors (Lipinski definition) is 4. The average Bonchev–Trinajstić information content (AvgIpc) is 1.85. The number of rotatable bonds is 4. The molecule has 0 rings (SSSR count). The maximum Gasteiger partial charge on any atom is 0.331 e. The Hall–Kier alpha value is -0.480. The van der Waals surface area contributed by atoms with Gasteiger partial charge < -0.3 is 4.74 Å². The van der Waals surface area contributed by atoms with Crippen LogP contribution >= 0.6 is 11.9 Å². The van der Waals surface area contributed by atoms with Crippen molar-refractivity contribution in [3.8, 4) is 0 Å². The fraction of sp³-hybridized carbons (Fsp3) is 0.571. The summed E-state index contributed by atoms with van der Waals surface area (Å²) in [6, 6.07) is 0. The third kappa shape index (κ3) is 5.94. The third-order valence-corrected chi connectivity index (χ3v) is 1.62. The van der Waals surface area contributed by atoms with Crippen LogP contribution in [0.4, 0.5) is 0 Å². The average molecular weight is 175 g/mol. The van der Waals surface area contributed by atoms with E-state index in [9.17, 15) is 4.79 Å². The standard InChI is InChI=1S/C7H13NO2S/c1-5-7(9)10-6(2)11-8(3)4/h5-6H,1H2,2-4H3. The fourth-order valence-electron chi connectivity index (χ4n) is 0.530. The monoisotopic (exact) mass is 175 g/mol. The lowest BCUT2D eigenvalue weighted by molar-refractivity contribution is -0.138. The van der Waals surface area contributed by atoms with Crippen LogP contribution < -0.4 is 0 Å². The van der Waals surface area contributed by atoms with E-state index < -0.39 is 0 Å². The molecule has 0 aliphatic rings. The minimum absolute atomic E-state index is 0.157. The molecule has 0 saturated heterocycles. The van der Waals surface area contributed by atoms with Crippen molar-refractivity contribution in [2.75, 3.05) is 14.1 Å². The van der Waals surface area contributed by atoms with Gasteiger partial charge in [-0.2, -0.15) is 0 Å². The zero-order valence-electron chi connectivity index (χ0n) is 7.03. The quantitative estimate of drug-likeness (QED) is 0.278. The molecule has 0 amide bonds. The Labute approximate surface area is 71.5 Å². The largest absolute Gasteiger partial charge is 0.447 e. The number of carbonyl (C=O) groups is 1. The maximum absolute atomic E-state index is 10.6. The van der Waals surface area contributed by atoms with Crippen LogP contribution in [-0.4, -0.2) is 29.8 Å². The van der Waals surface area contributed by atoms with Gasteiger partial charge in [0.25, 0.3) is 0 Å². The molecule has 4 heteroatoms. The summed E-state index contributed by atoms with van der Waals surface area (Å²) in [6.07, 6.45) is 1.16. The lowest BCUT2D eigenvalue weighted by atomic mass is 10.6. The molecule has 0 aromatic heterocycles. The Morgan fingerprint density at radius 2 is 2.27 bits per heavy atom. The van der Waals surface area contributed by atoms with Gasteiger partial charge in [0.15, 0.2) is 5.44 Å². The van der Waals surface area contributed by atoms with Crippen LogP contribution in [-0.2, 0) is 9.53 Å². The Morgan fingerprint density at radius 3 is 2.64 bits per heavy atom. The maximum atomic E-state index is 10.6. The van der Waals surface area contributed by atoms with Gasteiger partial charge in [-0.1, -0.05) is 6.58 Å². The zero-order valence-corrected chi connectivity index (χ0v) is 7.85. The number of nitrogens with zero attached hydrogens (tertiary/aromatic N) is 1. The van der Waals surface area contributed by atoms with Gasteiger partial charge in [0, 0.05) is 6.08 Å². The number of ether oxygens (including phenoxy) is 1. The zero-order chi connectivity index (χ0) is 8.85. The van der Waals surface area contributed by atoms with Gasteiger partial charge in [0.1, 0.15) is 0 Å². The molecule has 0 radical (unpaired) electrons. The summed E-state index contributed by atoms with van der Waals surface area (Å²) in [4.78, 5) is 10.6. The summed E-state index contributed by atoms with van der Waals surface area (Å²) in [5, 5.41) is 0. The lowest BCUT2D eigenvalue weighted by Crippen LogP contribution is -2.14. The number of hydrogen-bond donors (Lipinski definition) is 0. The summed E-state index contributed by atoms with van der Waals surface area (Å²) in [7, 11) is 3.78. The molecule has 0 aliphatic heterocycles. The number of carbonyl (C=O) groups excluding carboxylic acids is 1. The lowest BCUT2D eigenvalue weighted by Gasteiger charge is -2.15. The second-order valence-electron chi connectivity index (χ2n) is 2.13. The molecule has 0 saturated carbocycles. The van der Waals surface area contributed by atoms with E-state index in [2.05, 4.69) is 6.58 Å². The molecule has 3 nitrogen and oxygen atoms in total. The highest BCUT2D eigenvalue weighted by Crippen LogP contribution is 2.13. The molecular formula is C7H13NO2S. The first kappa shape index (κ1) is 10.5. The highest BCUT2D eigenvalue weighted by Gasteiger charge is 2.07. The molecule has 0 aromatic rings. The summed E-state index contributed by atoms with van der Waals surface area (Å²) < 4.78 is 6.75. The van der Waals surface area contributed by atoms with E-state index in [4.69, 9.17) is 4.74 Å². The first-order valence-corrected chi connectivity index (χ1v) is 4.07. The summed E-state index contributed by atoms with van der Waals surface area (Å²) in [5.74, 6) is -0.383. The van der Waals surface area contributed by atoms with Crippen molar-refractivity contribution >= 4 is 17.9 Å². The molecule has 0 spiro atoms. The predicted molar refractivity (Wildman–Crippen MR) is 47.0 cm³/mol. The Bertz CT molecular complexity index is 147. The summed E-state index contributed by atoms with van der Waals surface area (Å²) in [5.41, 5.74) is -0.157. The van der Waals surface area contributed by atoms with E-state index in [1.54, 1.807) is 0 Å². The van der Waals surface area contributed by atoms with E-state index in [0.717, 1.165) is 6.08 Å². The van der Waals surface area contributed by atoms with Gasteiger partial charge in [-0.25, -0.2) is 4.79 Å². The molecule has 0 aliphatic carbocycles. The Kier molecular flexibility index (Phi) is 4.98. The molecule has 0 bridgehead atoms. The molecule has 0 aromatic carbocycles. The van der Waals surface area contributed by atoms with Gasteiger partial charge in [0.05, 0.1) is 0 Å². The predicted octanol–water partition coefficient (Wildman–Crippen LogP) is 1.27. The second-order valence-corrected chi connectivity index (χ2v) is 3.73. The molecule has 1 atom stereocenters. The molecule has 1 unspecified atom stereocenters. The van der Waals surface area contributed by atoms with Crippen molar-refractivity contribution < 1.29 is 9.53 Å². The van der Waals surface area contributed by atoms with Crippen molar-refractivity contribution in [2.24, 2.45) is 0 Å².